The third-order valence-electron chi connectivity index (χ3n) is 3.00. The van der Waals surface area contributed by atoms with Gasteiger partial charge in [-0.3, -0.25) is 4.98 Å². The number of benzene rings is 2. The van der Waals surface area contributed by atoms with E-state index in [-0.39, 0.29) is 0 Å². The predicted molar refractivity (Wildman–Crippen MR) is 73.7 cm³/mol. The summed E-state index contributed by atoms with van der Waals surface area (Å²) in [6.07, 6.45) is 1.91. The smallest absolute Gasteiger partial charge is 0.119 e. The van der Waals surface area contributed by atoms with Crippen molar-refractivity contribution in [3.8, 4) is 16.9 Å². The normalized spacial score (nSPS) is 10.5. The SMILES string of the molecule is COc1ccc2ncc(-c3ccccc3)cc2c1. The first-order valence-corrected chi connectivity index (χ1v) is 5.86. The van der Waals surface area contributed by atoms with Crippen LogP contribution in [0.2, 0.25) is 0 Å². The minimum atomic E-state index is 0.856. The topological polar surface area (TPSA) is 22.1 Å². The average Bonchev–Trinajstić information content (AvgIpc) is 2.47. The molecular formula is C16H13NO. The number of ether oxygens (including phenoxy) is 1. The van der Waals surface area contributed by atoms with Crippen LogP contribution >= 0.6 is 0 Å². The molecule has 2 nitrogen and oxygen atoms in total. The lowest BCUT2D eigenvalue weighted by molar-refractivity contribution is 0.415. The van der Waals surface area contributed by atoms with Crippen molar-refractivity contribution < 1.29 is 4.74 Å². The number of aromatic nitrogens is 1. The molecule has 1 aromatic heterocycles. The lowest BCUT2D eigenvalue weighted by atomic mass is 10.1. The van der Waals surface area contributed by atoms with Crippen molar-refractivity contribution in [3.63, 3.8) is 0 Å². The van der Waals surface area contributed by atoms with Crippen molar-refractivity contribution in [3.05, 3.63) is 60.8 Å². The molecule has 3 aromatic rings. The van der Waals surface area contributed by atoms with Crippen molar-refractivity contribution in [1.29, 1.82) is 0 Å². The average molecular weight is 235 g/mol. The molecule has 0 radical (unpaired) electrons. The maximum Gasteiger partial charge on any atom is 0.119 e. The van der Waals surface area contributed by atoms with Crippen LogP contribution in [0.1, 0.15) is 0 Å². The summed E-state index contributed by atoms with van der Waals surface area (Å²) in [5, 5.41) is 1.09. The Kier molecular flexibility index (Phi) is 2.69. The largest absolute Gasteiger partial charge is 0.497 e. The molecule has 1 heterocycles. The number of rotatable bonds is 2. The molecule has 2 heteroatoms. The number of pyridine rings is 1. The zero-order chi connectivity index (χ0) is 12.4. The van der Waals surface area contributed by atoms with E-state index < -0.39 is 0 Å². The summed E-state index contributed by atoms with van der Waals surface area (Å²) in [6.45, 7) is 0. The van der Waals surface area contributed by atoms with E-state index in [0.717, 1.165) is 22.2 Å². The quantitative estimate of drug-likeness (QED) is 0.671. The van der Waals surface area contributed by atoms with Gasteiger partial charge in [-0.25, -0.2) is 0 Å². The summed E-state index contributed by atoms with van der Waals surface area (Å²) in [5.74, 6) is 0.856. The van der Waals surface area contributed by atoms with Crippen molar-refractivity contribution >= 4 is 10.9 Å². The van der Waals surface area contributed by atoms with Crippen LogP contribution in [0.5, 0.6) is 5.75 Å². The molecule has 0 fully saturated rings. The molecule has 0 bridgehead atoms. The van der Waals surface area contributed by atoms with Gasteiger partial charge in [0.1, 0.15) is 5.75 Å². The Morgan fingerprint density at radius 2 is 1.72 bits per heavy atom. The molecule has 0 atom stereocenters. The van der Waals surface area contributed by atoms with E-state index in [9.17, 15) is 0 Å². The molecular weight excluding hydrogens is 222 g/mol. The van der Waals surface area contributed by atoms with Gasteiger partial charge in [-0.05, 0) is 29.8 Å². The Morgan fingerprint density at radius 1 is 0.889 bits per heavy atom. The van der Waals surface area contributed by atoms with Crippen LogP contribution < -0.4 is 4.74 Å². The van der Waals surface area contributed by atoms with Crippen LogP contribution in [-0.4, -0.2) is 12.1 Å². The van der Waals surface area contributed by atoms with Gasteiger partial charge in [0.25, 0.3) is 0 Å². The van der Waals surface area contributed by atoms with Crippen molar-refractivity contribution in [2.24, 2.45) is 0 Å². The van der Waals surface area contributed by atoms with Crippen LogP contribution in [0.15, 0.2) is 60.8 Å². The van der Waals surface area contributed by atoms with E-state index in [2.05, 4.69) is 23.2 Å². The summed E-state index contributed by atoms with van der Waals surface area (Å²) in [7, 11) is 1.68. The highest BCUT2D eigenvalue weighted by Gasteiger charge is 2.01. The molecule has 88 valence electrons. The van der Waals surface area contributed by atoms with E-state index in [4.69, 9.17) is 4.74 Å². The Balaban J connectivity index is 2.15. The fourth-order valence-electron chi connectivity index (χ4n) is 2.03. The maximum atomic E-state index is 5.24. The fraction of sp³-hybridized carbons (Fsp3) is 0.0625. The van der Waals surface area contributed by atoms with Gasteiger partial charge in [-0.2, -0.15) is 0 Å². The van der Waals surface area contributed by atoms with Gasteiger partial charge in [0.05, 0.1) is 12.6 Å². The zero-order valence-corrected chi connectivity index (χ0v) is 10.1. The van der Waals surface area contributed by atoms with Gasteiger partial charge in [0.2, 0.25) is 0 Å². The van der Waals surface area contributed by atoms with Crippen molar-refractivity contribution in [2.75, 3.05) is 7.11 Å². The van der Waals surface area contributed by atoms with Crippen molar-refractivity contribution in [2.45, 2.75) is 0 Å². The Bertz CT molecular complexity index is 677. The Morgan fingerprint density at radius 3 is 2.50 bits per heavy atom. The maximum absolute atomic E-state index is 5.24. The van der Waals surface area contributed by atoms with E-state index in [1.165, 1.54) is 5.56 Å². The lowest BCUT2D eigenvalue weighted by Gasteiger charge is -2.05. The van der Waals surface area contributed by atoms with Gasteiger partial charge >= 0.3 is 0 Å². The molecule has 2 aromatic carbocycles. The Hall–Kier alpha value is -2.35. The molecule has 0 spiro atoms. The third kappa shape index (κ3) is 1.93. The van der Waals surface area contributed by atoms with Gasteiger partial charge in [0, 0.05) is 17.1 Å². The Labute approximate surface area is 106 Å². The van der Waals surface area contributed by atoms with Gasteiger partial charge < -0.3 is 4.74 Å². The molecule has 0 aliphatic rings. The zero-order valence-electron chi connectivity index (χ0n) is 10.1. The summed E-state index contributed by atoms with van der Waals surface area (Å²) >= 11 is 0. The second-order valence-electron chi connectivity index (χ2n) is 4.15. The van der Waals surface area contributed by atoms with Crippen LogP contribution in [0.4, 0.5) is 0 Å². The molecule has 0 saturated heterocycles. The van der Waals surface area contributed by atoms with Gasteiger partial charge in [-0.1, -0.05) is 30.3 Å². The van der Waals surface area contributed by atoms with Crippen LogP contribution in [0.25, 0.3) is 22.0 Å². The molecule has 0 N–H and O–H groups in total. The molecule has 18 heavy (non-hydrogen) atoms. The lowest BCUT2D eigenvalue weighted by Crippen LogP contribution is -1.85. The van der Waals surface area contributed by atoms with Crippen LogP contribution in [0, 0.1) is 0 Å². The molecule has 0 amide bonds. The first kappa shape index (κ1) is 10.8. The molecule has 0 aliphatic heterocycles. The predicted octanol–water partition coefficient (Wildman–Crippen LogP) is 3.91. The highest BCUT2D eigenvalue weighted by molar-refractivity contribution is 5.84. The van der Waals surface area contributed by atoms with E-state index in [1.807, 2.05) is 42.6 Å². The second kappa shape index (κ2) is 4.49. The minimum absolute atomic E-state index is 0.856. The molecule has 3 rings (SSSR count). The first-order valence-electron chi connectivity index (χ1n) is 5.86. The van der Waals surface area contributed by atoms with E-state index in [0.29, 0.717) is 0 Å². The fourth-order valence-corrected chi connectivity index (χ4v) is 2.03. The van der Waals surface area contributed by atoms with E-state index in [1.54, 1.807) is 7.11 Å². The summed E-state index contributed by atoms with van der Waals surface area (Å²) < 4.78 is 5.24. The molecule has 0 saturated carbocycles. The number of nitrogens with zero attached hydrogens (tertiary/aromatic N) is 1. The summed E-state index contributed by atoms with van der Waals surface area (Å²) in [4.78, 5) is 4.48. The number of hydrogen-bond donors (Lipinski definition) is 0. The van der Waals surface area contributed by atoms with E-state index >= 15 is 0 Å². The first-order chi connectivity index (χ1) is 8.86. The minimum Gasteiger partial charge on any atom is -0.497 e. The third-order valence-corrected chi connectivity index (χ3v) is 3.00. The van der Waals surface area contributed by atoms with Gasteiger partial charge in [0.15, 0.2) is 0 Å². The van der Waals surface area contributed by atoms with Crippen LogP contribution in [0.3, 0.4) is 0 Å². The van der Waals surface area contributed by atoms with Crippen LogP contribution in [-0.2, 0) is 0 Å². The second-order valence-corrected chi connectivity index (χ2v) is 4.15. The number of methoxy groups -OCH3 is 1. The number of hydrogen-bond acceptors (Lipinski definition) is 2. The monoisotopic (exact) mass is 235 g/mol. The highest BCUT2D eigenvalue weighted by atomic mass is 16.5. The molecule has 0 aliphatic carbocycles. The summed E-state index contributed by atoms with van der Waals surface area (Å²) in [6, 6.07) is 18.3. The number of fused-ring (bicyclic) bond motifs is 1. The molecule has 0 unspecified atom stereocenters. The van der Waals surface area contributed by atoms with Gasteiger partial charge in [-0.15, -0.1) is 0 Å². The highest BCUT2D eigenvalue weighted by Crippen LogP contribution is 2.25. The summed E-state index contributed by atoms with van der Waals surface area (Å²) in [5.41, 5.74) is 3.28. The van der Waals surface area contributed by atoms with Crippen molar-refractivity contribution in [1.82, 2.24) is 4.98 Å². The standard InChI is InChI=1S/C16H13NO/c1-18-15-7-8-16-13(10-15)9-14(11-17-16)12-5-3-2-4-6-12/h2-11H,1H3.